The van der Waals surface area contributed by atoms with Gasteiger partial charge in [0.15, 0.2) is 0 Å². The van der Waals surface area contributed by atoms with E-state index in [2.05, 4.69) is 24.6 Å². The molecule has 3 rings (SSSR count). The molecule has 0 saturated heterocycles. The number of nitrogens with zero attached hydrogens (tertiary/aromatic N) is 1. The molecule has 27 heavy (non-hydrogen) atoms. The Morgan fingerprint density at radius 2 is 1.85 bits per heavy atom. The van der Waals surface area contributed by atoms with Crippen LogP contribution in [0.4, 0.5) is 5.69 Å². The van der Waals surface area contributed by atoms with Gasteiger partial charge in [0, 0.05) is 28.9 Å². The third-order valence-electron chi connectivity index (χ3n) is 4.38. The van der Waals surface area contributed by atoms with Crippen LogP contribution in [0.3, 0.4) is 0 Å². The Kier molecular flexibility index (Phi) is 5.76. The number of carbonyl (C=O) groups is 2. The molecule has 1 aliphatic rings. The van der Waals surface area contributed by atoms with Crippen molar-refractivity contribution < 1.29 is 14.4 Å². The van der Waals surface area contributed by atoms with Gasteiger partial charge in [-0.1, -0.05) is 32.0 Å². The van der Waals surface area contributed by atoms with Crippen LogP contribution in [-0.2, 0) is 4.84 Å². The predicted octanol–water partition coefficient (Wildman–Crippen LogP) is 3.59. The number of hydrogen-bond donors (Lipinski definition) is 2. The van der Waals surface area contributed by atoms with Gasteiger partial charge < -0.3 is 10.2 Å². The van der Waals surface area contributed by atoms with E-state index in [1.165, 1.54) is 0 Å². The second kappa shape index (κ2) is 8.22. The smallest absolute Gasteiger partial charge is 0.274 e. The maximum Gasteiger partial charge on any atom is 0.274 e. The fourth-order valence-corrected chi connectivity index (χ4v) is 3.18. The molecule has 2 N–H and O–H groups in total. The van der Waals surface area contributed by atoms with Gasteiger partial charge in [0.1, 0.15) is 6.17 Å². The molecule has 1 heterocycles. The van der Waals surface area contributed by atoms with E-state index < -0.39 is 0 Å². The molecule has 2 aromatic carbocycles. The first-order valence-electron chi connectivity index (χ1n) is 9.20. The van der Waals surface area contributed by atoms with Crippen molar-refractivity contribution in [3.8, 4) is 0 Å². The molecule has 2 aromatic rings. The topological polar surface area (TPSA) is 70.7 Å². The van der Waals surface area contributed by atoms with Gasteiger partial charge in [-0.2, -0.15) is 0 Å². The van der Waals surface area contributed by atoms with Gasteiger partial charge in [-0.3, -0.25) is 14.4 Å². The summed E-state index contributed by atoms with van der Waals surface area (Å²) in [6.07, 6.45) is -0.223. The van der Waals surface area contributed by atoms with Crippen molar-refractivity contribution in [1.29, 1.82) is 0 Å². The van der Waals surface area contributed by atoms with Crippen LogP contribution in [0.15, 0.2) is 48.5 Å². The van der Waals surface area contributed by atoms with Crippen molar-refractivity contribution in [2.24, 2.45) is 5.92 Å². The van der Waals surface area contributed by atoms with E-state index >= 15 is 0 Å². The Morgan fingerprint density at radius 1 is 1.15 bits per heavy atom. The molecule has 0 bridgehead atoms. The van der Waals surface area contributed by atoms with Gasteiger partial charge in [-0.25, -0.2) is 5.48 Å². The van der Waals surface area contributed by atoms with Crippen LogP contribution >= 0.6 is 0 Å². The van der Waals surface area contributed by atoms with Crippen molar-refractivity contribution in [3.63, 3.8) is 0 Å². The molecule has 0 aliphatic carbocycles. The van der Waals surface area contributed by atoms with E-state index in [0.717, 1.165) is 16.8 Å². The standard InChI is InChI=1S/C21H25N3O3/c1-4-27-23-20(25)15-9-11-16(12-10-15)22-19-17-7-5-6-8-18(17)21(26)24(19)13-14(2)3/h5-12,14,19,22H,4,13H2,1-3H3,(H,23,25). The van der Waals surface area contributed by atoms with Gasteiger partial charge in [0.05, 0.1) is 6.61 Å². The minimum atomic E-state index is -0.286. The molecule has 2 amide bonds. The molecule has 0 radical (unpaired) electrons. The SMILES string of the molecule is CCONC(=O)c1ccc(NC2c3ccccc3C(=O)N2CC(C)C)cc1. The summed E-state index contributed by atoms with van der Waals surface area (Å²) in [5.74, 6) is 0.118. The zero-order valence-corrected chi connectivity index (χ0v) is 15.9. The number of carbonyl (C=O) groups excluding carboxylic acids is 2. The fraction of sp³-hybridized carbons (Fsp3) is 0.333. The predicted molar refractivity (Wildman–Crippen MR) is 104 cm³/mol. The maximum atomic E-state index is 12.8. The monoisotopic (exact) mass is 367 g/mol. The van der Waals surface area contributed by atoms with Crippen molar-refractivity contribution in [2.45, 2.75) is 26.9 Å². The first-order valence-corrected chi connectivity index (χ1v) is 9.20. The molecule has 1 aliphatic heterocycles. The Labute approximate surface area is 159 Å². The Morgan fingerprint density at radius 3 is 2.52 bits per heavy atom. The van der Waals surface area contributed by atoms with Crippen LogP contribution in [0.5, 0.6) is 0 Å². The second-order valence-corrected chi connectivity index (χ2v) is 6.93. The van der Waals surface area contributed by atoms with Crippen molar-refractivity contribution in [2.75, 3.05) is 18.5 Å². The lowest BCUT2D eigenvalue weighted by Crippen LogP contribution is -2.35. The second-order valence-electron chi connectivity index (χ2n) is 6.93. The van der Waals surface area contributed by atoms with Crippen molar-refractivity contribution in [3.05, 3.63) is 65.2 Å². The lowest BCUT2D eigenvalue weighted by Gasteiger charge is -2.28. The van der Waals surface area contributed by atoms with Crippen LogP contribution < -0.4 is 10.8 Å². The average Bonchev–Trinajstić information content (AvgIpc) is 2.92. The van der Waals surface area contributed by atoms with E-state index in [9.17, 15) is 9.59 Å². The molecular weight excluding hydrogens is 342 g/mol. The van der Waals surface area contributed by atoms with Crippen LogP contribution in [0.25, 0.3) is 0 Å². The highest BCUT2D eigenvalue weighted by atomic mass is 16.6. The molecule has 6 heteroatoms. The molecule has 6 nitrogen and oxygen atoms in total. The maximum absolute atomic E-state index is 12.8. The summed E-state index contributed by atoms with van der Waals surface area (Å²) in [6, 6.07) is 14.8. The zero-order chi connectivity index (χ0) is 19.4. The fourth-order valence-electron chi connectivity index (χ4n) is 3.18. The summed E-state index contributed by atoms with van der Waals surface area (Å²) < 4.78 is 0. The summed E-state index contributed by atoms with van der Waals surface area (Å²) >= 11 is 0. The van der Waals surface area contributed by atoms with E-state index in [1.54, 1.807) is 19.1 Å². The lowest BCUT2D eigenvalue weighted by molar-refractivity contribution is 0.0364. The third kappa shape index (κ3) is 4.11. The first kappa shape index (κ1) is 18.9. The third-order valence-corrected chi connectivity index (χ3v) is 4.38. The number of anilines is 1. The number of rotatable bonds is 7. The number of amides is 2. The highest BCUT2D eigenvalue weighted by Crippen LogP contribution is 2.34. The molecule has 1 unspecified atom stereocenters. The van der Waals surface area contributed by atoms with Gasteiger partial charge in [-0.05, 0) is 43.2 Å². The Balaban J connectivity index is 1.80. The van der Waals surface area contributed by atoms with E-state index in [0.29, 0.717) is 24.6 Å². The van der Waals surface area contributed by atoms with Gasteiger partial charge in [0.2, 0.25) is 0 Å². The number of hydrogen-bond acceptors (Lipinski definition) is 4. The average molecular weight is 367 g/mol. The summed E-state index contributed by atoms with van der Waals surface area (Å²) in [5, 5.41) is 3.43. The van der Waals surface area contributed by atoms with E-state index in [1.807, 2.05) is 41.3 Å². The van der Waals surface area contributed by atoms with Crippen LogP contribution in [0.2, 0.25) is 0 Å². The molecular formula is C21H25N3O3. The molecule has 142 valence electrons. The van der Waals surface area contributed by atoms with Crippen LogP contribution in [-0.4, -0.2) is 29.9 Å². The molecule has 0 fully saturated rings. The minimum Gasteiger partial charge on any atom is -0.361 e. The Bertz CT molecular complexity index is 818. The first-order chi connectivity index (χ1) is 13.0. The summed E-state index contributed by atoms with van der Waals surface area (Å²) in [6.45, 7) is 7.07. The quantitative estimate of drug-likeness (QED) is 0.734. The van der Waals surface area contributed by atoms with Crippen LogP contribution in [0, 0.1) is 5.92 Å². The van der Waals surface area contributed by atoms with Crippen LogP contribution in [0.1, 0.15) is 53.2 Å². The number of hydroxylamine groups is 1. The highest BCUT2D eigenvalue weighted by Gasteiger charge is 2.36. The normalized spacial score (nSPS) is 15.8. The molecule has 0 aromatic heterocycles. The summed E-state index contributed by atoms with van der Waals surface area (Å²) in [4.78, 5) is 31.5. The summed E-state index contributed by atoms with van der Waals surface area (Å²) in [5.41, 5.74) is 5.44. The summed E-state index contributed by atoms with van der Waals surface area (Å²) in [7, 11) is 0. The molecule has 0 spiro atoms. The lowest BCUT2D eigenvalue weighted by atomic mass is 10.1. The molecule has 1 atom stereocenters. The highest BCUT2D eigenvalue weighted by molar-refractivity contribution is 5.99. The van der Waals surface area contributed by atoms with Crippen molar-refractivity contribution >= 4 is 17.5 Å². The van der Waals surface area contributed by atoms with Gasteiger partial charge in [-0.15, -0.1) is 0 Å². The van der Waals surface area contributed by atoms with E-state index in [-0.39, 0.29) is 18.0 Å². The largest absolute Gasteiger partial charge is 0.361 e. The minimum absolute atomic E-state index is 0.0458. The van der Waals surface area contributed by atoms with Gasteiger partial charge in [0.25, 0.3) is 11.8 Å². The number of benzene rings is 2. The Hall–Kier alpha value is -2.86. The number of nitrogens with one attached hydrogen (secondary N) is 2. The van der Waals surface area contributed by atoms with Crippen molar-refractivity contribution in [1.82, 2.24) is 10.4 Å². The zero-order valence-electron chi connectivity index (χ0n) is 15.9. The van der Waals surface area contributed by atoms with E-state index in [4.69, 9.17) is 4.84 Å². The molecule has 0 saturated carbocycles. The van der Waals surface area contributed by atoms with Gasteiger partial charge >= 0.3 is 0 Å². The number of fused-ring (bicyclic) bond motifs is 1.